The molecule has 4 rings (SSSR count). The second-order valence-electron chi connectivity index (χ2n) is 7.23. The number of carbonyl (C=O) groups is 1. The fourth-order valence-electron chi connectivity index (χ4n) is 3.47. The van der Waals surface area contributed by atoms with Crippen molar-refractivity contribution in [1.29, 1.82) is 0 Å². The molecule has 0 atom stereocenters. The van der Waals surface area contributed by atoms with E-state index < -0.39 is 15.9 Å². The Hall–Kier alpha value is -2.97. The van der Waals surface area contributed by atoms with E-state index >= 15 is 0 Å². The molecule has 0 spiro atoms. The lowest BCUT2D eigenvalue weighted by Gasteiger charge is -2.25. The van der Waals surface area contributed by atoms with Crippen molar-refractivity contribution in [1.82, 2.24) is 9.29 Å². The number of benzene rings is 2. The van der Waals surface area contributed by atoms with Crippen molar-refractivity contribution in [3.8, 4) is 11.5 Å². The van der Waals surface area contributed by atoms with Crippen LogP contribution in [0.3, 0.4) is 0 Å². The Kier molecular flexibility index (Phi) is 5.69. The summed E-state index contributed by atoms with van der Waals surface area (Å²) in [6.07, 6.45) is 2.83. The molecule has 1 amide bonds. The van der Waals surface area contributed by atoms with Gasteiger partial charge in [0.15, 0.2) is 5.69 Å². The Morgan fingerprint density at radius 3 is 2.33 bits per heavy atom. The average Bonchev–Trinajstić information content (AvgIpc) is 3.17. The summed E-state index contributed by atoms with van der Waals surface area (Å²) in [6, 6.07) is 15.5. The molecule has 3 aromatic rings. The van der Waals surface area contributed by atoms with Crippen LogP contribution in [0.5, 0.6) is 0 Å². The molecule has 2 heterocycles. The summed E-state index contributed by atoms with van der Waals surface area (Å²) in [5.41, 5.74) is 1.46. The number of nitrogens with one attached hydrogen (secondary N) is 1. The van der Waals surface area contributed by atoms with Crippen molar-refractivity contribution in [2.24, 2.45) is 0 Å². The van der Waals surface area contributed by atoms with Gasteiger partial charge >= 0.3 is 0 Å². The van der Waals surface area contributed by atoms with Gasteiger partial charge in [-0.15, -0.1) is 0 Å². The Morgan fingerprint density at radius 1 is 1.00 bits per heavy atom. The molecule has 1 aliphatic heterocycles. The van der Waals surface area contributed by atoms with Crippen molar-refractivity contribution < 1.29 is 17.6 Å². The van der Waals surface area contributed by atoms with Crippen LogP contribution in [0.1, 0.15) is 35.5 Å². The fraction of sp³-hybridized carbons (Fsp3) is 0.273. The Labute approximate surface area is 175 Å². The largest absolute Gasteiger partial charge is 0.441 e. The topological polar surface area (TPSA) is 92.5 Å². The van der Waals surface area contributed by atoms with Gasteiger partial charge in [0.2, 0.25) is 15.9 Å². The second-order valence-corrected chi connectivity index (χ2v) is 9.17. The highest BCUT2D eigenvalue weighted by Crippen LogP contribution is 2.24. The highest BCUT2D eigenvalue weighted by atomic mass is 32.2. The van der Waals surface area contributed by atoms with E-state index in [1.54, 1.807) is 19.1 Å². The standard InChI is InChI=1S/C22H23N3O4S/c1-16-20(24-22(29-16)17-8-4-2-5-9-17)21(26)23-18-10-12-19(13-11-18)30(27,28)25-14-6-3-7-15-25/h2,4-5,8-13H,3,6-7,14-15H2,1H3,(H,23,26). The first kappa shape index (κ1) is 20.3. The molecule has 1 aromatic heterocycles. The number of anilines is 1. The predicted molar refractivity (Wildman–Crippen MR) is 114 cm³/mol. The first-order chi connectivity index (χ1) is 14.4. The van der Waals surface area contributed by atoms with Crippen molar-refractivity contribution in [2.75, 3.05) is 18.4 Å². The minimum Gasteiger partial charge on any atom is -0.441 e. The van der Waals surface area contributed by atoms with E-state index in [0.717, 1.165) is 24.8 Å². The number of carbonyl (C=O) groups excluding carboxylic acids is 1. The number of oxazole rings is 1. The third-order valence-electron chi connectivity index (χ3n) is 5.10. The van der Waals surface area contributed by atoms with E-state index in [1.807, 2.05) is 30.3 Å². The fourth-order valence-corrected chi connectivity index (χ4v) is 4.98. The lowest BCUT2D eigenvalue weighted by molar-refractivity contribution is 0.102. The van der Waals surface area contributed by atoms with Crippen LogP contribution in [0.15, 0.2) is 63.9 Å². The first-order valence-electron chi connectivity index (χ1n) is 9.89. The zero-order chi connectivity index (χ0) is 21.1. The van der Waals surface area contributed by atoms with E-state index in [1.165, 1.54) is 16.4 Å². The predicted octanol–water partition coefficient (Wildman–Crippen LogP) is 4.08. The highest BCUT2D eigenvalue weighted by molar-refractivity contribution is 7.89. The van der Waals surface area contributed by atoms with Gasteiger partial charge in [0, 0.05) is 24.3 Å². The van der Waals surface area contributed by atoms with Crippen LogP contribution < -0.4 is 5.32 Å². The number of hydrogen-bond acceptors (Lipinski definition) is 5. The molecule has 1 aliphatic rings. The van der Waals surface area contributed by atoms with Gasteiger partial charge in [0.05, 0.1) is 4.90 Å². The monoisotopic (exact) mass is 425 g/mol. The molecule has 1 fully saturated rings. The molecule has 156 valence electrons. The van der Waals surface area contributed by atoms with Crippen molar-refractivity contribution >= 4 is 21.6 Å². The van der Waals surface area contributed by atoms with Crippen molar-refractivity contribution in [3.05, 3.63) is 66.1 Å². The Morgan fingerprint density at radius 2 is 1.67 bits per heavy atom. The maximum Gasteiger partial charge on any atom is 0.277 e. The van der Waals surface area contributed by atoms with E-state index in [0.29, 0.717) is 30.4 Å². The summed E-state index contributed by atoms with van der Waals surface area (Å²) >= 11 is 0. The van der Waals surface area contributed by atoms with Gasteiger partial charge in [-0.1, -0.05) is 24.6 Å². The molecule has 1 saturated heterocycles. The number of piperidine rings is 1. The minimum absolute atomic E-state index is 0.193. The number of aryl methyl sites for hydroxylation is 1. The summed E-state index contributed by atoms with van der Waals surface area (Å²) in [5, 5.41) is 2.75. The van der Waals surface area contributed by atoms with Crippen LogP contribution in [0.25, 0.3) is 11.5 Å². The average molecular weight is 426 g/mol. The molecular formula is C22H23N3O4S. The van der Waals surface area contributed by atoms with E-state index in [2.05, 4.69) is 10.3 Å². The van der Waals surface area contributed by atoms with Crippen LogP contribution >= 0.6 is 0 Å². The number of nitrogens with zero attached hydrogens (tertiary/aromatic N) is 2. The second kappa shape index (κ2) is 8.41. The quantitative estimate of drug-likeness (QED) is 0.665. The van der Waals surface area contributed by atoms with Gasteiger partial charge in [0.25, 0.3) is 5.91 Å². The molecule has 2 aromatic carbocycles. The summed E-state index contributed by atoms with van der Waals surface area (Å²) in [6.45, 7) is 2.79. The molecule has 8 heteroatoms. The van der Waals surface area contributed by atoms with Gasteiger partial charge in [-0.25, -0.2) is 13.4 Å². The lowest BCUT2D eigenvalue weighted by Crippen LogP contribution is -2.35. The van der Waals surface area contributed by atoms with Crippen LogP contribution in [0.4, 0.5) is 5.69 Å². The Bertz CT molecular complexity index is 1130. The minimum atomic E-state index is -3.50. The number of hydrogen-bond donors (Lipinski definition) is 1. The lowest BCUT2D eigenvalue weighted by atomic mass is 10.2. The van der Waals surface area contributed by atoms with E-state index in [9.17, 15) is 13.2 Å². The van der Waals surface area contributed by atoms with Gasteiger partial charge in [0.1, 0.15) is 5.76 Å². The van der Waals surface area contributed by atoms with Gasteiger partial charge < -0.3 is 9.73 Å². The molecule has 0 radical (unpaired) electrons. The normalized spacial score (nSPS) is 15.1. The first-order valence-corrected chi connectivity index (χ1v) is 11.3. The summed E-state index contributed by atoms with van der Waals surface area (Å²) < 4.78 is 32.6. The molecular weight excluding hydrogens is 402 g/mol. The van der Waals surface area contributed by atoms with E-state index in [4.69, 9.17) is 4.42 Å². The molecule has 0 bridgehead atoms. The number of amides is 1. The molecule has 0 unspecified atom stereocenters. The number of rotatable bonds is 5. The third kappa shape index (κ3) is 4.15. The van der Waals surface area contributed by atoms with Gasteiger partial charge in [-0.3, -0.25) is 4.79 Å². The van der Waals surface area contributed by atoms with Crippen LogP contribution in [0.2, 0.25) is 0 Å². The number of sulfonamides is 1. The summed E-state index contributed by atoms with van der Waals surface area (Å²) in [5.74, 6) is 0.377. The molecule has 0 aliphatic carbocycles. The smallest absolute Gasteiger partial charge is 0.277 e. The SMILES string of the molecule is Cc1oc(-c2ccccc2)nc1C(=O)Nc1ccc(S(=O)(=O)N2CCCCC2)cc1. The summed E-state index contributed by atoms with van der Waals surface area (Å²) in [7, 11) is -3.50. The molecule has 0 saturated carbocycles. The van der Waals surface area contributed by atoms with Gasteiger partial charge in [-0.2, -0.15) is 4.31 Å². The van der Waals surface area contributed by atoms with Gasteiger partial charge in [-0.05, 0) is 56.2 Å². The van der Waals surface area contributed by atoms with Crippen molar-refractivity contribution in [3.63, 3.8) is 0 Å². The van der Waals surface area contributed by atoms with Crippen LogP contribution in [0, 0.1) is 6.92 Å². The maximum atomic E-state index is 12.7. The number of aromatic nitrogens is 1. The molecule has 30 heavy (non-hydrogen) atoms. The highest BCUT2D eigenvalue weighted by Gasteiger charge is 2.26. The van der Waals surface area contributed by atoms with Crippen LogP contribution in [-0.4, -0.2) is 36.7 Å². The molecule has 1 N–H and O–H groups in total. The van der Waals surface area contributed by atoms with Crippen LogP contribution in [-0.2, 0) is 10.0 Å². The third-order valence-corrected chi connectivity index (χ3v) is 7.01. The zero-order valence-corrected chi connectivity index (χ0v) is 17.5. The van der Waals surface area contributed by atoms with Crippen molar-refractivity contribution in [2.45, 2.75) is 31.1 Å². The summed E-state index contributed by atoms with van der Waals surface area (Å²) in [4.78, 5) is 17.2. The molecule has 7 nitrogen and oxygen atoms in total. The zero-order valence-electron chi connectivity index (χ0n) is 16.7. The van der Waals surface area contributed by atoms with E-state index in [-0.39, 0.29) is 10.6 Å². The Balaban J connectivity index is 1.49. The maximum absolute atomic E-state index is 12.7.